The summed E-state index contributed by atoms with van der Waals surface area (Å²) >= 11 is 0. The van der Waals surface area contributed by atoms with Crippen molar-refractivity contribution in [1.29, 1.82) is 0 Å². The van der Waals surface area contributed by atoms with Crippen LogP contribution in [0, 0.1) is 5.82 Å². The number of hydrogen-bond donors (Lipinski definition) is 2. The first kappa shape index (κ1) is 10.2. The Hall–Kier alpha value is -0.930. The number of aliphatic hydroxyl groups excluding tert-OH is 2. The van der Waals surface area contributed by atoms with Crippen LogP contribution in [-0.2, 0) is 0 Å². The van der Waals surface area contributed by atoms with Gasteiger partial charge in [0.05, 0.1) is 12.7 Å². The molecule has 1 aromatic rings. The van der Waals surface area contributed by atoms with E-state index < -0.39 is 6.10 Å². The van der Waals surface area contributed by atoms with Gasteiger partial charge in [-0.25, -0.2) is 4.39 Å². The van der Waals surface area contributed by atoms with E-state index in [1.807, 2.05) is 0 Å². The Balaban J connectivity index is 2.82. The number of rotatable bonds is 3. The third-order valence-electron chi connectivity index (χ3n) is 2.14. The zero-order chi connectivity index (χ0) is 9.84. The van der Waals surface area contributed by atoms with Crippen LogP contribution in [0.5, 0.6) is 0 Å². The molecule has 2 nitrogen and oxygen atoms in total. The summed E-state index contributed by atoms with van der Waals surface area (Å²) in [7, 11) is 0. The maximum absolute atomic E-state index is 12.8. The number of hydrogen-bond acceptors (Lipinski definition) is 2. The fourth-order valence-corrected chi connectivity index (χ4v) is 1.17. The lowest BCUT2D eigenvalue weighted by molar-refractivity contribution is 0.0771. The molecule has 2 unspecified atom stereocenters. The molecule has 0 aliphatic carbocycles. The van der Waals surface area contributed by atoms with Gasteiger partial charge >= 0.3 is 0 Å². The molecule has 3 heteroatoms. The van der Waals surface area contributed by atoms with Crippen molar-refractivity contribution in [2.24, 2.45) is 0 Å². The average molecular weight is 184 g/mol. The lowest BCUT2D eigenvalue weighted by Crippen LogP contribution is -2.19. The summed E-state index contributed by atoms with van der Waals surface area (Å²) in [6.45, 7) is 1.44. The highest BCUT2D eigenvalue weighted by Crippen LogP contribution is 2.19. The highest BCUT2D eigenvalue weighted by molar-refractivity contribution is 5.21. The van der Waals surface area contributed by atoms with Crippen molar-refractivity contribution < 1.29 is 14.6 Å². The van der Waals surface area contributed by atoms with Crippen LogP contribution in [0.25, 0.3) is 0 Å². The van der Waals surface area contributed by atoms with Gasteiger partial charge in [-0.2, -0.15) is 0 Å². The summed E-state index contributed by atoms with van der Waals surface area (Å²) in [5.41, 5.74) is 0.696. The first-order chi connectivity index (χ1) is 6.15. The van der Waals surface area contributed by atoms with E-state index in [-0.39, 0.29) is 18.3 Å². The lowest BCUT2D eigenvalue weighted by Gasteiger charge is -2.16. The standard InChI is InChI=1S/C10H13FO2/c1-7(10(13)6-12)8-3-2-4-9(11)5-8/h2-5,7,10,12-13H,6H2,1H3. The van der Waals surface area contributed by atoms with E-state index in [1.54, 1.807) is 19.1 Å². The molecule has 0 fully saturated rings. The SMILES string of the molecule is CC(c1cccc(F)c1)C(O)CO. The number of halogens is 1. The molecule has 0 saturated carbocycles. The molecular formula is C10H13FO2. The van der Waals surface area contributed by atoms with E-state index >= 15 is 0 Å². The van der Waals surface area contributed by atoms with Gasteiger partial charge in [-0.1, -0.05) is 19.1 Å². The highest BCUT2D eigenvalue weighted by atomic mass is 19.1. The molecule has 1 aromatic carbocycles. The molecule has 0 saturated heterocycles. The lowest BCUT2D eigenvalue weighted by atomic mass is 9.96. The monoisotopic (exact) mass is 184 g/mol. The van der Waals surface area contributed by atoms with Crippen molar-refractivity contribution in [3.63, 3.8) is 0 Å². The summed E-state index contributed by atoms with van der Waals surface area (Å²) in [5.74, 6) is -0.574. The van der Waals surface area contributed by atoms with Crippen LogP contribution in [0.3, 0.4) is 0 Å². The van der Waals surface area contributed by atoms with Crippen LogP contribution in [0.2, 0.25) is 0 Å². The molecule has 1 rings (SSSR count). The van der Waals surface area contributed by atoms with Gasteiger partial charge in [0.15, 0.2) is 0 Å². The van der Waals surface area contributed by atoms with Crippen LogP contribution in [0.4, 0.5) is 4.39 Å². The molecule has 0 spiro atoms. The topological polar surface area (TPSA) is 40.5 Å². The fourth-order valence-electron chi connectivity index (χ4n) is 1.17. The maximum Gasteiger partial charge on any atom is 0.123 e. The van der Waals surface area contributed by atoms with Crippen molar-refractivity contribution in [2.75, 3.05) is 6.61 Å². The summed E-state index contributed by atoms with van der Waals surface area (Å²) in [5, 5.41) is 18.0. The van der Waals surface area contributed by atoms with Crippen molar-refractivity contribution in [2.45, 2.75) is 18.9 Å². The van der Waals surface area contributed by atoms with E-state index in [0.29, 0.717) is 5.56 Å². The molecule has 0 aliphatic rings. The maximum atomic E-state index is 12.8. The molecule has 72 valence electrons. The Kier molecular flexibility index (Phi) is 3.39. The summed E-state index contributed by atoms with van der Waals surface area (Å²) < 4.78 is 12.8. The minimum absolute atomic E-state index is 0.249. The van der Waals surface area contributed by atoms with E-state index in [2.05, 4.69) is 0 Å². The van der Waals surface area contributed by atoms with Gasteiger partial charge in [0.1, 0.15) is 5.82 Å². The van der Waals surface area contributed by atoms with Crippen LogP contribution in [0.15, 0.2) is 24.3 Å². The van der Waals surface area contributed by atoms with Crippen LogP contribution in [-0.4, -0.2) is 22.9 Å². The van der Waals surface area contributed by atoms with Crippen molar-refractivity contribution in [3.05, 3.63) is 35.6 Å². The predicted octanol–water partition coefficient (Wildman–Crippen LogP) is 1.28. The van der Waals surface area contributed by atoms with E-state index in [0.717, 1.165) is 0 Å². The molecule has 0 bridgehead atoms. The Morgan fingerprint density at radius 2 is 2.15 bits per heavy atom. The summed E-state index contributed by atoms with van der Waals surface area (Å²) in [4.78, 5) is 0. The second kappa shape index (κ2) is 4.35. The average Bonchev–Trinajstić information content (AvgIpc) is 2.15. The molecule has 0 amide bonds. The van der Waals surface area contributed by atoms with E-state index in [4.69, 9.17) is 5.11 Å². The van der Waals surface area contributed by atoms with Crippen molar-refractivity contribution in [3.8, 4) is 0 Å². The Labute approximate surface area is 76.6 Å². The third-order valence-corrected chi connectivity index (χ3v) is 2.14. The van der Waals surface area contributed by atoms with Crippen LogP contribution >= 0.6 is 0 Å². The Morgan fingerprint density at radius 3 is 2.69 bits per heavy atom. The predicted molar refractivity (Wildman–Crippen MR) is 47.9 cm³/mol. The quantitative estimate of drug-likeness (QED) is 0.743. The Bertz CT molecular complexity index is 275. The number of aliphatic hydroxyl groups is 2. The van der Waals surface area contributed by atoms with Gasteiger partial charge in [-0.15, -0.1) is 0 Å². The first-order valence-electron chi connectivity index (χ1n) is 4.19. The van der Waals surface area contributed by atoms with Gasteiger partial charge in [0, 0.05) is 5.92 Å². The first-order valence-corrected chi connectivity index (χ1v) is 4.19. The largest absolute Gasteiger partial charge is 0.394 e. The third kappa shape index (κ3) is 2.50. The molecule has 2 N–H and O–H groups in total. The van der Waals surface area contributed by atoms with Crippen LogP contribution < -0.4 is 0 Å². The molecule has 0 heterocycles. The highest BCUT2D eigenvalue weighted by Gasteiger charge is 2.15. The van der Waals surface area contributed by atoms with Crippen molar-refractivity contribution in [1.82, 2.24) is 0 Å². The second-order valence-electron chi connectivity index (χ2n) is 3.09. The molecule has 13 heavy (non-hydrogen) atoms. The normalized spacial score (nSPS) is 15.4. The van der Waals surface area contributed by atoms with Gasteiger partial charge in [0.25, 0.3) is 0 Å². The minimum atomic E-state index is -0.832. The smallest absolute Gasteiger partial charge is 0.123 e. The summed E-state index contributed by atoms with van der Waals surface area (Å²) in [6, 6.07) is 6.03. The van der Waals surface area contributed by atoms with Crippen molar-refractivity contribution >= 4 is 0 Å². The zero-order valence-corrected chi connectivity index (χ0v) is 7.44. The van der Waals surface area contributed by atoms with Gasteiger partial charge < -0.3 is 10.2 Å². The molecule has 0 radical (unpaired) electrons. The molecule has 0 aliphatic heterocycles. The van der Waals surface area contributed by atoms with Gasteiger partial charge in [-0.3, -0.25) is 0 Å². The molecule has 2 atom stereocenters. The fraction of sp³-hybridized carbons (Fsp3) is 0.400. The van der Waals surface area contributed by atoms with Gasteiger partial charge in [-0.05, 0) is 17.7 Å². The second-order valence-corrected chi connectivity index (χ2v) is 3.09. The van der Waals surface area contributed by atoms with E-state index in [9.17, 15) is 9.50 Å². The van der Waals surface area contributed by atoms with Crippen LogP contribution in [0.1, 0.15) is 18.4 Å². The minimum Gasteiger partial charge on any atom is -0.394 e. The molecule has 0 aromatic heterocycles. The van der Waals surface area contributed by atoms with Gasteiger partial charge in [0.2, 0.25) is 0 Å². The Morgan fingerprint density at radius 1 is 1.46 bits per heavy atom. The van der Waals surface area contributed by atoms with E-state index in [1.165, 1.54) is 12.1 Å². The molecular weight excluding hydrogens is 171 g/mol. The zero-order valence-electron chi connectivity index (χ0n) is 7.44. The number of benzene rings is 1. The summed E-state index contributed by atoms with van der Waals surface area (Å²) in [6.07, 6.45) is -0.832.